The van der Waals surface area contributed by atoms with Crippen molar-refractivity contribution >= 4 is 52.0 Å². The molecule has 2 aromatic carbocycles. The highest BCUT2D eigenvalue weighted by atomic mass is 35.5. The van der Waals surface area contributed by atoms with Crippen LogP contribution in [-0.4, -0.2) is 15.9 Å². The Bertz CT molecular complexity index is 1490. The Hall–Kier alpha value is -3.87. The van der Waals surface area contributed by atoms with Crippen LogP contribution in [0, 0.1) is 0 Å². The van der Waals surface area contributed by atoms with E-state index in [1.165, 1.54) is 6.08 Å². The number of anilines is 1. The van der Waals surface area contributed by atoms with E-state index in [2.05, 4.69) is 15.3 Å². The van der Waals surface area contributed by atoms with Crippen molar-refractivity contribution in [2.75, 3.05) is 5.32 Å². The maximum Gasteiger partial charge on any atom is 0.248 e. The molecule has 0 atom stereocenters. The number of nitrogens with zero attached hydrogens (tertiary/aromatic N) is 2. The summed E-state index contributed by atoms with van der Waals surface area (Å²) in [6, 6.07) is 17.7. The lowest BCUT2D eigenvalue weighted by molar-refractivity contribution is -0.111. The van der Waals surface area contributed by atoms with E-state index in [-0.39, 0.29) is 5.91 Å². The van der Waals surface area contributed by atoms with Gasteiger partial charge in [0.1, 0.15) is 17.0 Å². The van der Waals surface area contributed by atoms with E-state index in [1.54, 1.807) is 60.9 Å². The van der Waals surface area contributed by atoms with Crippen LogP contribution in [-0.2, 0) is 4.79 Å². The van der Waals surface area contributed by atoms with Gasteiger partial charge >= 0.3 is 0 Å². The molecule has 3 heterocycles. The van der Waals surface area contributed by atoms with Gasteiger partial charge in [0.25, 0.3) is 0 Å². The smallest absolute Gasteiger partial charge is 0.248 e. The second-order valence-electron chi connectivity index (χ2n) is 7.06. The summed E-state index contributed by atoms with van der Waals surface area (Å²) in [4.78, 5) is 20.9. The summed E-state index contributed by atoms with van der Waals surface area (Å²) >= 11 is 12.3. The van der Waals surface area contributed by atoms with E-state index in [4.69, 9.17) is 32.0 Å². The predicted octanol–water partition coefficient (Wildman–Crippen LogP) is 7.11. The predicted molar refractivity (Wildman–Crippen MR) is 129 cm³/mol. The summed E-state index contributed by atoms with van der Waals surface area (Å²) in [5.74, 6) is 1.24. The summed E-state index contributed by atoms with van der Waals surface area (Å²) in [5.41, 5.74) is 3.36. The molecule has 1 N–H and O–H groups in total. The topological polar surface area (TPSA) is 81.2 Å². The molecule has 3 aromatic heterocycles. The van der Waals surface area contributed by atoms with Crippen molar-refractivity contribution in [1.82, 2.24) is 9.97 Å². The van der Waals surface area contributed by atoms with Gasteiger partial charge in [-0.05, 0) is 60.7 Å². The van der Waals surface area contributed by atoms with E-state index in [0.717, 1.165) is 5.56 Å². The zero-order valence-corrected chi connectivity index (χ0v) is 18.5. The van der Waals surface area contributed by atoms with Crippen molar-refractivity contribution in [3.8, 4) is 22.8 Å². The molecule has 5 aromatic rings. The van der Waals surface area contributed by atoms with Crippen LogP contribution in [0.3, 0.4) is 0 Å². The molecule has 0 aliphatic rings. The summed E-state index contributed by atoms with van der Waals surface area (Å²) in [7, 11) is 0. The van der Waals surface area contributed by atoms with Crippen LogP contribution in [0.2, 0.25) is 10.0 Å². The third kappa shape index (κ3) is 4.53. The van der Waals surface area contributed by atoms with Crippen LogP contribution in [0.25, 0.3) is 40.0 Å². The first-order valence-corrected chi connectivity index (χ1v) is 10.7. The number of amides is 1. The molecule has 0 aliphatic heterocycles. The van der Waals surface area contributed by atoms with Crippen molar-refractivity contribution in [2.45, 2.75) is 0 Å². The van der Waals surface area contributed by atoms with Gasteiger partial charge in [-0.3, -0.25) is 9.78 Å². The Labute approximate surface area is 198 Å². The van der Waals surface area contributed by atoms with E-state index >= 15 is 0 Å². The molecule has 0 radical (unpaired) electrons. The molecule has 0 saturated carbocycles. The quantitative estimate of drug-likeness (QED) is 0.274. The second-order valence-corrected chi connectivity index (χ2v) is 7.85. The average Bonchev–Trinajstić information content (AvgIpc) is 3.47. The molecule has 0 aliphatic carbocycles. The van der Waals surface area contributed by atoms with Gasteiger partial charge in [0.05, 0.1) is 10.0 Å². The number of halogens is 2. The van der Waals surface area contributed by atoms with E-state index in [0.29, 0.717) is 49.8 Å². The molecule has 0 unspecified atom stereocenters. The number of benzene rings is 2. The number of furan rings is 1. The fourth-order valence-corrected chi connectivity index (χ4v) is 3.64. The normalized spacial score (nSPS) is 11.3. The van der Waals surface area contributed by atoms with Gasteiger partial charge in [-0.25, -0.2) is 4.98 Å². The van der Waals surface area contributed by atoms with Crippen molar-refractivity contribution in [1.29, 1.82) is 0 Å². The number of carbonyl (C=O) groups excluding carboxylic acids is 1. The lowest BCUT2D eigenvalue weighted by atomic mass is 10.2. The van der Waals surface area contributed by atoms with Gasteiger partial charge in [0, 0.05) is 35.3 Å². The molecule has 162 valence electrons. The lowest BCUT2D eigenvalue weighted by Crippen LogP contribution is -2.07. The van der Waals surface area contributed by atoms with Gasteiger partial charge in [-0.1, -0.05) is 29.3 Å². The third-order valence-corrected chi connectivity index (χ3v) is 5.64. The highest BCUT2D eigenvalue weighted by Crippen LogP contribution is 2.34. The molecule has 8 heteroatoms. The summed E-state index contributed by atoms with van der Waals surface area (Å²) < 4.78 is 11.6. The van der Waals surface area contributed by atoms with E-state index < -0.39 is 0 Å². The molecule has 0 bridgehead atoms. The number of nitrogens with one attached hydrogen (secondary N) is 1. The molecule has 33 heavy (non-hydrogen) atoms. The van der Waals surface area contributed by atoms with Crippen LogP contribution in [0.15, 0.2) is 88.0 Å². The largest absolute Gasteiger partial charge is 0.457 e. The van der Waals surface area contributed by atoms with E-state index in [1.807, 2.05) is 18.2 Å². The summed E-state index contributed by atoms with van der Waals surface area (Å²) in [6.45, 7) is 0. The first-order valence-electron chi connectivity index (χ1n) is 9.91. The van der Waals surface area contributed by atoms with E-state index in [9.17, 15) is 4.79 Å². The van der Waals surface area contributed by atoms with Gasteiger partial charge < -0.3 is 14.2 Å². The zero-order chi connectivity index (χ0) is 22.8. The number of fused-ring (bicyclic) bond motifs is 1. The van der Waals surface area contributed by atoms with Crippen LogP contribution in [0.1, 0.15) is 5.76 Å². The maximum atomic E-state index is 12.4. The number of aromatic nitrogens is 2. The van der Waals surface area contributed by atoms with Crippen molar-refractivity contribution in [2.24, 2.45) is 0 Å². The monoisotopic (exact) mass is 475 g/mol. The highest BCUT2D eigenvalue weighted by molar-refractivity contribution is 6.43. The Morgan fingerprint density at radius 2 is 1.82 bits per heavy atom. The van der Waals surface area contributed by atoms with Crippen molar-refractivity contribution in [3.63, 3.8) is 0 Å². The fraction of sp³-hybridized carbons (Fsp3) is 0. The number of hydrogen-bond acceptors (Lipinski definition) is 5. The molecular formula is C25H15Cl2N3O3. The number of carbonyl (C=O) groups is 1. The highest BCUT2D eigenvalue weighted by Gasteiger charge is 2.11. The maximum absolute atomic E-state index is 12.4. The average molecular weight is 476 g/mol. The Morgan fingerprint density at radius 3 is 2.67 bits per heavy atom. The Morgan fingerprint density at radius 1 is 0.970 bits per heavy atom. The lowest BCUT2D eigenvalue weighted by Gasteiger charge is -2.02. The molecule has 0 saturated heterocycles. The Balaban J connectivity index is 1.29. The first kappa shape index (κ1) is 21.0. The Kier molecular flexibility index (Phi) is 5.69. The van der Waals surface area contributed by atoms with Gasteiger partial charge in [0.15, 0.2) is 5.58 Å². The zero-order valence-electron chi connectivity index (χ0n) is 17.0. The first-order chi connectivity index (χ1) is 16.1. The minimum Gasteiger partial charge on any atom is -0.457 e. The molecule has 0 spiro atoms. The fourth-order valence-electron chi connectivity index (χ4n) is 3.25. The molecule has 0 fully saturated rings. The third-order valence-electron chi connectivity index (χ3n) is 4.83. The summed E-state index contributed by atoms with van der Waals surface area (Å²) in [6.07, 6.45) is 6.31. The van der Waals surface area contributed by atoms with Crippen LogP contribution < -0.4 is 5.32 Å². The number of rotatable bonds is 5. The number of pyridine rings is 1. The van der Waals surface area contributed by atoms with Gasteiger partial charge in [-0.15, -0.1) is 0 Å². The summed E-state index contributed by atoms with van der Waals surface area (Å²) in [5, 5.41) is 3.67. The molecule has 5 rings (SSSR count). The SMILES string of the molecule is O=C(C=Cc1ccc(-c2cccc(Cl)c2Cl)o1)Nc1ccc2oc(-c3ccncc3)nc2c1. The minimum absolute atomic E-state index is 0.314. The van der Waals surface area contributed by atoms with Gasteiger partial charge in [0.2, 0.25) is 11.8 Å². The van der Waals surface area contributed by atoms with Crippen molar-refractivity contribution < 1.29 is 13.6 Å². The standard InChI is InChI=1S/C25H15Cl2N3O3/c26-19-3-1-2-18(24(19)27)21-8-5-17(32-21)6-9-23(31)29-16-4-7-22-20(14-16)30-25(33-22)15-10-12-28-13-11-15/h1-14H,(H,29,31). The number of hydrogen-bond donors (Lipinski definition) is 1. The van der Waals surface area contributed by atoms with Gasteiger partial charge in [-0.2, -0.15) is 0 Å². The van der Waals surface area contributed by atoms with Crippen LogP contribution in [0.5, 0.6) is 0 Å². The van der Waals surface area contributed by atoms with Crippen molar-refractivity contribution in [3.05, 3.63) is 94.9 Å². The van der Waals surface area contributed by atoms with Crippen LogP contribution in [0.4, 0.5) is 5.69 Å². The number of oxazole rings is 1. The second kappa shape index (κ2) is 8.94. The molecule has 6 nitrogen and oxygen atoms in total. The minimum atomic E-state index is -0.314. The van der Waals surface area contributed by atoms with Crippen LogP contribution >= 0.6 is 23.2 Å². The molecule has 1 amide bonds. The molecular weight excluding hydrogens is 461 g/mol.